The molecule has 2 rings (SSSR count). The summed E-state index contributed by atoms with van der Waals surface area (Å²) < 4.78 is 0.276. The van der Waals surface area contributed by atoms with Gasteiger partial charge in [0.25, 0.3) is 0 Å². The fourth-order valence-corrected chi connectivity index (χ4v) is 2.85. The van der Waals surface area contributed by atoms with Crippen LogP contribution in [0.15, 0.2) is 18.3 Å². The highest BCUT2D eigenvalue weighted by Crippen LogP contribution is 2.34. The number of thioether (sulfide) groups is 1. The average molecular weight is 238 g/mol. The Bertz CT molecular complexity index is 316. The van der Waals surface area contributed by atoms with Crippen molar-refractivity contribution in [2.45, 2.75) is 17.6 Å². The van der Waals surface area contributed by atoms with Gasteiger partial charge in [0.1, 0.15) is 0 Å². The van der Waals surface area contributed by atoms with Crippen molar-refractivity contribution < 1.29 is 0 Å². The molecule has 0 unspecified atom stereocenters. The lowest BCUT2D eigenvalue weighted by Gasteiger charge is -2.40. The first-order valence-electron chi connectivity index (χ1n) is 5.57. The Labute approximate surface area is 101 Å². The molecule has 0 spiro atoms. The van der Waals surface area contributed by atoms with E-state index in [2.05, 4.69) is 21.4 Å². The standard InChI is InChI=1S/C11H18N4S/c1-16-11(9-12)4-7-15(8-5-11)10-3-2-6-13-14-10/h2-3,6H,4-5,7-9,12H2,1H3. The maximum absolute atomic E-state index is 5.87. The van der Waals surface area contributed by atoms with Gasteiger partial charge in [-0.05, 0) is 31.2 Å². The van der Waals surface area contributed by atoms with E-state index in [-0.39, 0.29) is 4.75 Å². The molecular weight excluding hydrogens is 220 g/mol. The number of nitrogens with two attached hydrogens (primary N) is 1. The topological polar surface area (TPSA) is 55.0 Å². The molecule has 1 aliphatic heterocycles. The maximum atomic E-state index is 5.87. The largest absolute Gasteiger partial charge is 0.355 e. The van der Waals surface area contributed by atoms with Crippen LogP contribution in [0.25, 0.3) is 0 Å². The number of anilines is 1. The normalized spacial score (nSPS) is 19.8. The van der Waals surface area contributed by atoms with Crippen molar-refractivity contribution in [2.75, 3.05) is 30.8 Å². The second-order valence-corrected chi connectivity index (χ2v) is 5.43. The lowest BCUT2D eigenvalue weighted by atomic mass is 9.96. The minimum absolute atomic E-state index is 0.276. The molecule has 1 fully saturated rings. The lowest BCUT2D eigenvalue weighted by molar-refractivity contribution is 0.454. The van der Waals surface area contributed by atoms with Crippen LogP contribution in [0.3, 0.4) is 0 Å². The quantitative estimate of drug-likeness (QED) is 0.855. The molecule has 0 radical (unpaired) electrons. The molecule has 88 valence electrons. The molecule has 0 amide bonds. The van der Waals surface area contributed by atoms with Crippen LogP contribution >= 0.6 is 11.8 Å². The number of piperidine rings is 1. The molecule has 1 saturated heterocycles. The van der Waals surface area contributed by atoms with Crippen molar-refractivity contribution in [1.29, 1.82) is 0 Å². The molecule has 0 bridgehead atoms. The summed E-state index contributed by atoms with van der Waals surface area (Å²) in [5, 5.41) is 8.05. The van der Waals surface area contributed by atoms with E-state index in [9.17, 15) is 0 Å². The van der Waals surface area contributed by atoms with E-state index in [0.29, 0.717) is 0 Å². The summed E-state index contributed by atoms with van der Waals surface area (Å²) >= 11 is 1.90. The van der Waals surface area contributed by atoms with Crippen molar-refractivity contribution in [1.82, 2.24) is 10.2 Å². The zero-order chi connectivity index (χ0) is 11.4. The summed E-state index contributed by atoms with van der Waals surface area (Å²) in [5.41, 5.74) is 5.87. The van der Waals surface area contributed by atoms with Gasteiger partial charge in [0.2, 0.25) is 0 Å². The van der Waals surface area contributed by atoms with Gasteiger partial charge in [-0.3, -0.25) is 0 Å². The van der Waals surface area contributed by atoms with Gasteiger partial charge < -0.3 is 10.6 Å². The minimum Gasteiger partial charge on any atom is -0.355 e. The number of nitrogens with zero attached hydrogens (tertiary/aromatic N) is 3. The highest BCUT2D eigenvalue weighted by atomic mass is 32.2. The predicted octanol–water partition coefficient (Wildman–Crippen LogP) is 1.14. The number of hydrogen-bond acceptors (Lipinski definition) is 5. The van der Waals surface area contributed by atoms with Crippen molar-refractivity contribution in [2.24, 2.45) is 5.73 Å². The zero-order valence-electron chi connectivity index (χ0n) is 9.59. The van der Waals surface area contributed by atoms with E-state index in [0.717, 1.165) is 38.3 Å². The van der Waals surface area contributed by atoms with Crippen LogP contribution in [0.2, 0.25) is 0 Å². The van der Waals surface area contributed by atoms with Crippen LogP contribution < -0.4 is 10.6 Å². The summed E-state index contributed by atoms with van der Waals surface area (Å²) in [6, 6.07) is 3.95. The summed E-state index contributed by atoms with van der Waals surface area (Å²) in [7, 11) is 0. The minimum atomic E-state index is 0.276. The third-order valence-electron chi connectivity index (χ3n) is 3.36. The summed E-state index contributed by atoms with van der Waals surface area (Å²) in [6.07, 6.45) is 6.12. The Hall–Kier alpha value is -0.810. The van der Waals surface area contributed by atoms with Gasteiger partial charge in [0, 0.05) is 30.6 Å². The smallest absolute Gasteiger partial charge is 0.151 e. The number of rotatable bonds is 3. The fraction of sp³-hybridized carbons (Fsp3) is 0.636. The molecule has 0 aliphatic carbocycles. The number of aromatic nitrogens is 2. The summed E-state index contributed by atoms with van der Waals surface area (Å²) in [4.78, 5) is 2.29. The Kier molecular flexibility index (Phi) is 3.66. The van der Waals surface area contributed by atoms with Gasteiger partial charge in [-0.15, -0.1) is 5.10 Å². The highest BCUT2D eigenvalue weighted by molar-refractivity contribution is 8.00. The van der Waals surface area contributed by atoms with Crippen molar-refractivity contribution in [3.63, 3.8) is 0 Å². The lowest BCUT2D eigenvalue weighted by Crippen LogP contribution is -2.46. The monoisotopic (exact) mass is 238 g/mol. The van der Waals surface area contributed by atoms with Crippen molar-refractivity contribution in [3.8, 4) is 0 Å². The molecule has 0 aromatic carbocycles. The summed E-state index contributed by atoms with van der Waals surface area (Å²) in [5.74, 6) is 0.981. The SMILES string of the molecule is CSC1(CN)CCN(c2cccnn2)CC1. The second kappa shape index (κ2) is 5.01. The third kappa shape index (κ3) is 2.30. The second-order valence-electron chi connectivity index (χ2n) is 4.16. The van der Waals surface area contributed by atoms with Crippen LogP contribution in [0.5, 0.6) is 0 Å². The molecule has 0 atom stereocenters. The molecule has 2 N–H and O–H groups in total. The maximum Gasteiger partial charge on any atom is 0.151 e. The average Bonchev–Trinajstić information content (AvgIpc) is 2.40. The van der Waals surface area contributed by atoms with Gasteiger partial charge in [0.05, 0.1) is 0 Å². The molecule has 4 nitrogen and oxygen atoms in total. The van der Waals surface area contributed by atoms with E-state index in [1.807, 2.05) is 23.9 Å². The van der Waals surface area contributed by atoms with Gasteiger partial charge in [-0.2, -0.15) is 16.9 Å². The van der Waals surface area contributed by atoms with Gasteiger partial charge in [0.15, 0.2) is 5.82 Å². The molecule has 5 heteroatoms. The molecule has 1 aromatic rings. The molecule has 1 aromatic heterocycles. The molecular formula is C11H18N4S. The Morgan fingerprint density at radius 2 is 2.25 bits per heavy atom. The van der Waals surface area contributed by atoms with E-state index < -0.39 is 0 Å². The van der Waals surface area contributed by atoms with E-state index >= 15 is 0 Å². The van der Waals surface area contributed by atoms with Gasteiger partial charge >= 0.3 is 0 Å². The van der Waals surface area contributed by atoms with Crippen LogP contribution in [0.4, 0.5) is 5.82 Å². The Balaban J connectivity index is 2.00. The van der Waals surface area contributed by atoms with E-state index in [1.165, 1.54) is 0 Å². The molecule has 2 heterocycles. The van der Waals surface area contributed by atoms with E-state index in [4.69, 9.17) is 5.73 Å². The molecule has 1 aliphatic rings. The third-order valence-corrected chi connectivity index (χ3v) is 4.80. The van der Waals surface area contributed by atoms with Crippen molar-refractivity contribution >= 4 is 17.6 Å². The first-order chi connectivity index (χ1) is 7.79. The van der Waals surface area contributed by atoms with Gasteiger partial charge in [-0.25, -0.2) is 0 Å². The van der Waals surface area contributed by atoms with Crippen LogP contribution in [-0.2, 0) is 0 Å². The highest BCUT2D eigenvalue weighted by Gasteiger charge is 2.32. The molecule has 16 heavy (non-hydrogen) atoms. The Morgan fingerprint density at radius 3 is 2.75 bits per heavy atom. The van der Waals surface area contributed by atoms with Crippen LogP contribution in [0, 0.1) is 0 Å². The predicted molar refractivity (Wildman–Crippen MR) is 68.8 cm³/mol. The zero-order valence-corrected chi connectivity index (χ0v) is 10.4. The van der Waals surface area contributed by atoms with Crippen LogP contribution in [-0.4, -0.2) is 40.8 Å². The van der Waals surface area contributed by atoms with Crippen LogP contribution in [0.1, 0.15) is 12.8 Å². The number of hydrogen-bond donors (Lipinski definition) is 1. The first kappa shape index (κ1) is 11.7. The Morgan fingerprint density at radius 1 is 1.50 bits per heavy atom. The summed E-state index contributed by atoms with van der Waals surface area (Å²) in [6.45, 7) is 2.82. The fourth-order valence-electron chi connectivity index (χ4n) is 2.10. The van der Waals surface area contributed by atoms with Gasteiger partial charge in [-0.1, -0.05) is 0 Å². The van der Waals surface area contributed by atoms with Crippen molar-refractivity contribution in [3.05, 3.63) is 18.3 Å². The molecule has 0 saturated carbocycles. The van der Waals surface area contributed by atoms with E-state index in [1.54, 1.807) is 6.20 Å². The first-order valence-corrected chi connectivity index (χ1v) is 6.80.